The van der Waals surface area contributed by atoms with Crippen molar-refractivity contribution in [1.82, 2.24) is 0 Å². The van der Waals surface area contributed by atoms with E-state index < -0.39 is 17.5 Å². The fourth-order valence-corrected chi connectivity index (χ4v) is 2.72. The van der Waals surface area contributed by atoms with Crippen LogP contribution in [0.2, 0.25) is 0 Å². The molecule has 1 nitrogen and oxygen atoms in total. The molecule has 4 heteroatoms. The lowest BCUT2D eigenvalue weighted by molar-refractivity contribution is 0.494. The summed E-state index contributed by atoms with van der Waals surface area (Å²) in [6, 6.07) is 9.32. The zero-order valence-corrected chi connectivity index (χ0v) is 10.8. The summed E-state index contributed by atoms with van der Waals surface area (Å²) in [5.41, 5.74) is 2.33. The Kier molecular flexibility index (Phi) is 3.38. The Labute approximate surface area is 115 Å². The number of hydrogen-bond donors (Lipinski definition) is 1. The summed E-state index contributed by atoms with van der Waals surface area (Å²) in [6.07, 6.45) is 2.82. The van der Waals surface area contributed by atoms with Crippen molar-refractivity contribution in [2.45, 2.75) is 25.3 Å². The van der Waals surface area contributed by atoms with E-state index in [1.54, 1.807) is 0 Å². The second-order valence-corrected chi connectivity index (χ2v) is 5.03. The van der Waals surface area contributed by atoms with Crippen molar-refractivity contribution in [3.05, 3.63) is 65.0 Å². The topological polar surface area (TPSA) is 12.0 Å². The maximum absolute atomic E-state index is 13.7. The van der Waals surface area contributed by atoms with Gasteiger partial charge in [-0.05, 0) is 30.4 Å². The highest BCUT2D eigenvalue weighted by Gasteiger charge is 2.21. The third-order valence-corrected chi connectivity index (χ3v) is 3.71. The van der Waals surface area contributed by atoms with Gasteiger partial charge in [0.05, 0.1) is 11.7 Å². The van der Waals surface area contributed by atoms with Crippen LogP contribution < -0.4 is 5.32 Å². The van der Waals surface area contributed by atoms with Gasteiger partial charge in [-0.1, -0.05) is 24.3 Å². The van der Waals surface area contributed by atoms with Crippen LogP contribution in [0.5, 0.6) is 0 Å². The van der Waals surface area contributed by atoms with Crippen LogP contribution >= 0.6 is 0 Å². The van der Waals surface area contributed by atoms with E-state index in [-0.39, 0.29) is 11.7 Å². The molecule has 2 aromatic rings. The number of fused-ring (bicyclic) bond motifs is 1. The van der Waals surface area contributed by atoms with Crippen LogP contribution in [-0.4, -0.2) is 0 Å². The van der Waals surface area contributed by atoms with E-state index in [0.29, 0.717) is 6.07 Å². The van der Waals surface area contributed by atoms with Crippen LogP contribution in [0.4, 0.5) is 18.9 Å². The first-order valence-corrected chi connectivity index (χ1v) is 6.64. The van der Waals surface area contributed by atoms with Crippen LogP contribution in [0, 0.1) is 17.5 Å². The molecule has 20 heavy (non-hydrogen) atoms. The van der Waals surface area contributed by atoms with Crippen LogP contribution in [0.1, 0.15) is 30.0 Å². The maximum Gasteiger partial charge on any atom is 0.161 e. The molecule has 0 aliphatic heterocycles. The second kappa shape index (κ2) is 5.19. The third kappa shape index (κ3) is 2.38. The van der Waals surface area contributed by atoms with E-state index in [4.69, 9.17) is 0 Å². The molecule has 0 saturated heterocycles. The van der Waals surface area contributed by atoms with Gasteiger partial charge in [-0.15, -0.1) is 0 Å². The lowest BCUT2D eigenvalue weighted by atomic mass is 9.87. The summed E-state index contributed by atoms with van der Waals surface area (Å²) in [5, 5.41) is 2.99. The molecule has 1 aliphatic rings. The van der Waals surface area contributed by atoms with Gasteiger partial charge < -0.3 is 5.32 Å². The first kappa shape index (κ1) is 13.0. The number of rotatable bonds is 2. The molecule has 0 fully saturated rings. The molecule has 0 radical (unpaired) electrons. The number of hydrogen-bond acceptors (Lipinski definition) is 1. The summed E-state index contributed by atoms with van der Waals surface area (Å²) in [7, 11) is 0. The van der Waals surface area contributed by atoms with Gasteiger partial charge in [-0.25, -0.2) is 13.2 Å². The predicted molar refractivity (Wildman–Crippen MR) is 72.1 cm³/mol. The minimum absolute atomic E-state index is 0.00519. The highest BCUT2D eigenvalue weighted by molar-refractivity contribution is 5.49. The molecule has 2 aromatic carbocycles. The number of halogens is 3. The zero-order valence-electron chi connectivity index (χ0n) is 10.8. The first-order chi connectivity index (χ1) is 9.65. The Hall–Kier alpha value is -1.97. The Balaban J connectivity index is 1.91. The average Bonchev–Trinajstić information content (AvgIpc) is 2.45. The molecule has 1 N–H and O–H groups in total. The molecule has 0 aromatic heterocycles. The Morgan fingerprint density at radius 2 is 1.70 bits per heavy atom. The first-order valence-electron chi connectivity index (χ1n) is 6.64. The minimum atomic E-state index is -1.17. The summed E-state index contributed by atoms with van der Waals surface area (Å²) in [6.45, 7) is 0. The van der Waals surface area contributed by atoms with E-state index in [1.165, 1.54) is 5.56 Å². The number of anilines is 1. The molecule has 0 spiro atoms. The van der Waals surface area contributed by atoms with Crippen molar-refractivity contribution in [2.24, 2.45) is 0 Å². The molecule has 0 saturated carbocycles. The maximum atomic E-state index is 13.7. The van der Waals surface area contributed by atoms with Gasteiger partial charge in [0.15, 0.2) is 11.6 Å². The lowest BCUT2D eigenvalue weighted by Gasteiger charge is -2.27. The monoisotopic (exact) mass is 277 g/mol. The molecule has 1 aliphatic carbocycles. The van der Waals surface area contributed by atoms with Crippen molar-refractivity contribution in [3.8, 4) is 0 Å². The highest BCUT2D eigenvalue weighted by Crippen LogP contribution is 2.33. The number of nitrogens with one attached hydrogen (secondary N) is 1. The van der Waals surface area contributed by atoms with Gasteiger partial charge in [0.1, 0.15) is 5.82 Å². The molecule has 1 unspecified atom stereocenters. The molecule has 0 amide bonds. The molecular formula is C16H14F3N. The number of aryl methyl sites for hydroxylation is 1. The van der Waals surface area contributed by atoms with Crippen LogP contribution in [-0.2, 0) is 6.42 Å². The van der Waals surface area contributed by atoms with Crippen molar-refractivity contribution in [3.63, 3.8) is 0 Å². The van der Waals surface area contributed by atoms with E-state index in [9.17, 15) is 13.2 Å². The molecule has 0 heterocycles. The van der Waals surface area contributed by atoms with Gasteiger partial charge in [0.2, 0.25) is 0 Å². The standard InChI is InChI=1S/C16H14F3N/c17-12-8-14(19)16(9-13(12)18)20-15-7-3-5-10-4-1-2-6-11(10)15/h1-2,4,6,8-9,15,20H,3,5,7H2. The normalized spacial score (nSPS) is 17.6. The van der Waals surface area contributed by atoms with Crippen molar-refractivity contribution >= 4 is 5.69 Å². The number of benzene rings is 2. The van der Waals surface area contributed by atoms with Crippen molar-refractivity contribution in [2.75, 3.05) is 5.32 Å². The van der Waals surface area contributed by atoms with Gasteiger partial charge in [-0.2, -0.15) is 0 Å². The van der Waals surface area contributed by atoms with Crippen LogP contribution in [0.15, 0.2) is 36.4 Å². The van der Waals surface area contributed by atoms with E-state index in [1.807, 2.05) is 24.3 Å². The van der Waals surface area contributed by atoms with E-state index >= 15 is 0 Å². The molecule has 1 atom stereocenters. The molecular weight excluding hydrogens is 263 g/mol. The Morgan fingerprint density at radius 3 is 2.55 bits per heavy atom. The lowest BCUT2D eigenvalue weighted by Crippen LogP contribution is -2.18. The zero-order chi connectivity index (χ0) is 14.1. The molecule has 104 valence electrons. The average molecular weight is 277 g/mol. The van der Waals surface area contributed by atoms with Crippen LogP contribution in [0.3, 0.4) is 0 Å². The Bertz CT molecular complexity index is 640. The van der Waals surface area contributed by atoms with Gasteiger partial charge in [0, 0.05) is 12.1 Å². The highest BCUT2D eigenvalue weighted by atomic mass is 19.2. The van der Waals surface area contributed by atoms with E-state index in [2.05, 4.69) is 5.32 Å². The molecule has 0 bridgehead atoms. The molecule has 3 rings (SSSR count). The Morgan fingerprint density at radius 1 is 0.950 bits per heavy atom. The summed E-state index contributed by atoms with van der Waals surface area (Å²) in [4.78, 5) is 0. The fraction of sp³-hybridized carbons (Fsp3) is 0.250. The third-order valence-electron chi connectivity index (χ3n) is 3.71. The van der Waals surface area contributed by atoms with Crippen molar-refractivity contribution < 1.29 is 13.2 Å². The van der Waals surface area contributed by atoms with Gasteiger partial charge in [0.25, 0.3) is 0 Å². The summed E-state index contributed by atoms with van der Waals surface area (Å²) in [5.74, 6) is -2.98. The fourth-order valence-electron chi connectivity index (χ4n) is 2.72. The second-order valence-electron chi connectivity index (χ2n) is 5.03. The van der Waals surface area contributed by atoms with E-state index in [0.717, 1.165) is 30.9 Å². The van der Waals surface area contributed by atoms with Crippen molar-refractivity contribution in [1.29, 1.82) is 0 Å². The smallest absolute Gasteiger partial charge is 0.161 e. The minimum Gasteiger partial charge on any atom is -0.376 e. The van der Waals surface area contributed by atoms with Gasteiger partial charge in [-0.3, -0.25) is 0 Å². The SMILES string of the molecule is Fc1cc(F)c(NC2CCCc3ccccc32)cc1F. The predicted octanol–water partition coefficient (Wildman–Crippen LogP) is 4.59. The van der Waals surface area contributed by atoms with Crippen LogP contribution in [0.25, 0.3) is 0 Å². The largest absolute Gasteiger partial charge is 0.376 e. The van der Waals surface area contributed by atoms with Gasteiger partial charge >= 0.3 is 0 Å². The summed E-state index contributed by atoms with van der Waals surface area (Å²) < 4.78 is 39.9. The summed E-state index contributed by atoms with van der Waals surface area (Å²) >= 11 is 0. The quantitative estimate of drug-likeness (QED) is 0.791.